The first-order valence-electron chi connectivity index (χ1n) is 4.87. The topological polar surface area (TPSA) is 12.9 Å². The van der Waals surface area contributed by atoms with Gasteiger partial charge in [-0.15, -0.1) is 0 Å². The van der Waals surface area contributed by atoms with Crippen LogP contribution in [0.25, 0.3) is 11.3 Å². The van der Waals surface area contributed by atoms with E-state index in [1.54, 1.807) is 0 Å². The fourth-order valence-corrected chi connectivity index (χ4v) is 2.03. The van der Waals surface area contributed by atoms with Crippen LogP contribution in [0.15, 0.2) is 36.5 Å². The van der Waals surface area contributed by atoms with Crippen molar-refractivity contribution in [1.29, 1.82) is 0 Å². The van der Waals surface area contributed by atoms with Crippen LogP contribution in [-0.2, 0) is 6.18 Å². The van der Waals surface area contributed by atoms with Gasteiger partial charge in [0.15, 0.2) is 0 Å². The normalized spacial score (nSPS) is 11.6. The molecule has 0 N–H and O–H groups in total. The molecule has 0 fully saturated rings. The standard InChI is InChI=1S/C12H6Cl2F3N/c13-7-5-10(14)11(18-6-7)8-3-1-2-4-9(8)12(15,16)17/h1-6H. The van der Waals surface area contributed by atoms with Gasteiger partial charge in [0.2, 0.25) is 0 Å². The van der Waals surface area contributed by atoms with E-state index in [2.05, 4.69) is 4.98 Å². The molecule has 0 aliphatic carbocycles. The van der Waals surface area contributed by atoms with Gasteiger partial charge in [0.25, 0.3) is 0 Å². The number of halogens is 5. The van der Waals surface area contributed by atoms with Crippen molar-refractivity contribution in [3.63, 3.8) is 0 Å². The van der Waals surface area contributed by atoms with Gasteiger partial charge in [-0.25, -0.2) is 0 Å². The maximum absolute atomic E-state index is 12.8. The number of alkyl halides is 3. The van der Waals surface area contributed by atoms with E-state index < -0.39 is 11.7 Å². The molecular weight excluding hydrogens is 286 g/mol. The van der Waals surface area contributed by atoms with E-state index in [1.165, 1.54) is 30.5 Å². The summed E-state index contributed by atoms with van der Waals surface area (Å²) in [6, 6.07) is 6.48. The smallest absolute Gasteiger partial charge is 0.253 e. The first-order valence-corrected chi connectivity index (χ1v) is 5.63. The van der Waals surface area contributed by atoms with Crippen LogP contribution in [-0.4, -0.2) is 4.98 Å². The lowest BCUT2D eigenvalue weighted by Crippen LogP contribution is -2.07. The third kappa shape index (κ3) is 2.60. The number of nitrogens with zero attached hydrogens (tertiary/aromatic N) is 1. The zero-order valence-electron chi connectivity index (χ0n) is 8.80. The molecule has 1 heterocycles. The van der Waals surface area contributed by atoms with Crippen LogP contribution in [0.3, 0.4) is 0 Å². The number of benzene rings is 1. The van der Waals surface area contributed by atoms with Crippen LogP contribution in [0.1, 0.15) is 5.56 Å². The molecule has 94 valence electrons. The van der Waals surface area contributed by atoms with Gasteiger partial charge in [0.1, 0.15) is 0 Å². The highest BCUT2D eigenvalue weighted by atomic mass is 35.5. The predicted octanol–water partition coefficient (Wildman–Crippen LogP) is 5.07. The van der Waals surface area contributed by atoms with Crippen LogP contribution in [0.4, 0.5) is 13.2 Å². The summed E-state index contributed by atoms with van der Waals surface area (Å²) in [5.41, 5.74) is -0.776. The van der Waals surface area contributed by atoms with E-state index in [-0.39, 0.29) is 21.3 Å². The Bertz CT molecular complexity index is 582. The summed E-state index contributed by atoms with van der Waals surface area (Å²) in [6.07, 6.45) is -3.20. The highest BCUT2D eigenvalue weighted by Crippen LogP contribution is 2.38. The maximum Gasteiger partial charge on any atom is 0.417 e. The van der Waals surface area contributed by atoms with Gasteiger partial charge in [0.05, 0.1) is 21.3 Å². The molecule has 0 saturated heterocycles. The van der Waals surface area contributed by atoms with Crippen molar-refractivity contribution in [2.75, 3.05) is 0 Å². The Morgan fingerprint density at radius 1 is 1.06 bits per heavy atom. The van der Waals surface area contributed by atoms with Gasteiger partial charge in [-0.3, -0.25) is 4.98 Å². The van der Waals surface area contributed by atoms with E-state index in [1.807, 2.05) is 0 Å². The van der Waals surface area contributed by atoms with E-state index in [4.69, 9.17) is 23.2 Å². The van der Waals surface area contributed by atoms with E-state index >= 15 is 0 Å². The quantitative estimate of drug-likeness (QED) is 0.714. The van der Waals surface area contributed by atoms with E-state index in [9.17, 15) is 13.2 Å². The molecule has 0 spiro atoms. The Balaban J connectivity index is 2.64. The van der Waals surface area contributed by atoms with Gasteiger partial charge in [-0.1, -0.05) is 41.4 Å². The van der Waals surface area contributed by atoms with Crippen LogP contribution in [0.5, 0.6) is 0 Å². The molecule has 18 heavy (non-hydrogen) atoms. The Hall–Kier alpha value is -1.26. The molecule has 2 rings (SSSR count). The average Bonchev–Trinajstić information content (AvgIpc) is 2.28. The third-order valence-corrected chi connectivity index (χ3v) is 2.79. The monoisotopic (exact) mass is 291 g/mol. The zero-order valence-corrected chi connectivity index (χ0v) is 10.3. The van der Waals surface area contributed by atoms with E-state index in [0.717, 1.165) is 6.07 Å². The maximum atomic E-state index is 12.8. The van der Waals surface area contributed by atoms with Crippen molar-refractivity contribution in [2.45, 2.75) is 6.18 Å². The van der Waals surface area contributed by atoms with Gasteiger partial charge in [-0.05, 0) is 12.1 Å². The van der Waals surface area contributed by atoms with E-state index in [0.29, 0.717) is 0 Å². The molecule has 0 aliphatic rings. The molecular formula is C12H6Cl2F3N. The molecule has 2 aromatic rings. The lowest BCUT2D eigenvalue weighted by Gasteiger charge is -2.13. The first-order chi connectivity index (χ1) is 8.39. The molecule has 0 unspecified atom stereocenters. The molecule has 0 radical (unpaired) electrons. The summed E-state index contributed by atoms with van der Waals surface area (Å²) in [5, 5.41) is 0.354. The van der Waals surface area contributed by atoms with Crippen LogP contribution < -0.4 is 0 Å². The summed E-state index contributed by atoms with van der Waals surface area (Å²) in [4.78, 5) is 3.86. The largest absolute Gasteiger partial charge is 0.417 e. The number of rotatable bonds is 1. The highest BCUT2D eigenvalue weighted by Gasteiger charge is 2.34. The molecule has 0 amide bonds. The Labute approximate surface area is 111 Å². The predicted molar refractivity (Wildman–Crippen MR) is 64.7 cm³/mol. The Morgan fingerprint density at radius 3 is 2.33 bits per heavy atom. The fourth-order valence-electron chi connectivity index (χ4n) is 1.55. The summed E-state index contributed by atoms with van der Waals surface area (Å²) >= 11 is 11.5. The summed E-state index contributed by atoms with van der Waals surface area (Å²) in [6.45, 7) is 0. The third-order valence-electron chi connectivity index (χ3n) is 2.30. The molecule has 0 bridgehead atoms. The second-order valence-corrected chi connectivity index (χ2v) is 4.37. The summed E-state index contributed by atoms with van der Waals surface area (Å²) in [7, 11) is 0. The van der Waals surface area contributed by atoms with Crippen molar-refractivity contribution < 1.29 is 13.2 Å². The molecule has 1 nitrogen and oxygen atoms in total. The second kappa shape index (κ2) is 4.78. The molecule has 1 aromatic carbocycles. The average molecular weight is 292 g/mol. The number of hydrogen-bond donors (Lipinski definition) is 0. The van der Waals surface area contributed by atoms with Gasteiger partial charge < -0.3 is 0 Å². The minimum absolute atomic E-state index is 0.0633. The number of pyridine rings is 1. The minimum Gasteiger partial charge on any atom is -0.253 e. The number of aromatic nitrogens is 1. The van der Waals surface area contributed by atoms with Crippen molar-refractivity contribution in [2.24, 2.45) is 0 Å². The Morgan fingerprint density at radius 2 is 1.72 bits per heavy atom. The zero-order chi connectivity index (χ0) is 13.3. The fraction of sp³-hybridized carbons (Fsp3) is 0.0833. The lowest BCUT2D eigenvalue weighted by molar-refractivity contribution is -0.137. The van der Waals surface area contributed by atoms with Gasteiger partial charge >= 0.3 is 6.18 Å². The molecule has 0 aliphatic heterocycles. The molecule has 1 aromatic heterocycles. The van der Waals surface area contributed by atoms with Crippen molar-refractivity contribution in [3.05, 3.63) is 52.1 Å². The van der Waals surface area contributed by atoms with Crippen LogP contribution in [0.2, 0.25) is 10.0 Å². The van der Waals surface area contributed by atoms with Gasteiger partial charge in [0, 0.05) is 11.8 Å². The lowest BCUT2D eigenvalue weighted by atomic mass is 10.0. The highest BCUT2D eigenvalue weighted by molar-refractivity contribution is 6.36. The molecule has 0 saturated carbocycles. The van der Waals surface area contributed by atoms with Crippen molar-refractivity contribution in [1.82, 2.24) is 4.98 Å². The van der Waals surface area contributed by atoms with Crippen molar-refractivity contribution in [3.8, 4) is 11.3 Å². The summed E-state index contributed by atoms with van der Waals surface area (Å²) < 4.78 is 38.5. The van der Waals surface area contributed by atoms with Crippen molar-refractivity contribution >= 4 is 23.2 Å². The second-order valence-electron chi connectivity index (χ2n) is 3.53. The summed E-state index contributed by atoms with van der Waals surface area (Å²) in [5.74, 6) is 0. The number of hydrogen-bond acceptors (Lipinski definition) is 1. The molecule has 6 heteroatoms. The minimum atomic E-state index is -4.46. The van der Waals surface area contributed by atoms with Gasteiger partial charge in [-0.2, -0.15) is 13.2 Å². The SMILES string of the molecule is FC(F)(F)c1ccccc1-c1ncc(Cl)cc1Cl. The van der Waals surface area contributed by atoms with Crippen LogP contribution in [0, 0.1) is 0 Å². The Kier molecular flexibility index (Phi) is 3.50. The van der Waals surface area contributed by atoms with Crippen LogP contribution >= 0.6 is 23.2 Å². The molecule has 0 atom stereocenters. The first kappa shape index (κ1) is 13.2.